The van der Waals surface area contributed by atoms with E-state index >= 15 is 0 Å². The van der Waals surface area contributed by atoms with E-state index in [1.54, 1.807) is 0 Å². The fraction of sp³-hybridized carbons (Fsp3) is 0. The average Bonchev–Trinajstić information content (AvgIpc) is 0.918. The molecule has 0 aliphatic heterocycles. The van der Waals surface area contributed by atoms with Gasteiger partial charge in [0.2, 0.25) is 0 Å². The van der Waals surface area contributed by atoms with Crippen molar-refractivity contribution < 1.29 is 28.9 Å². The van der Waals surface area contributed by atoms with E-state index in [2.05, 4.69) is 0 Å². The van der Waals surface area contributed by atoms with Crippen LogP contribution in [0.2, 0.25) is 0 Å². The van der Waals surface area contributed by atoms with E-state index < -0.39 is 8.69 Å². The van der Waals surface area contributed by atoms with Gasteiger partial charge in [-0.1, -0.05) is 0 Å². The van der Waals surface area contributed by atoms with Gasteiger partial charge in [0, 0.05) is 19.5 Å². The van der Waals surface area contributed by atoms with Crippen LogP contribution >= 0.6 is 8.69 Å². The molecule has 0 spiro atoms. The van der Waals surface area contributed by atoms with Crippen LogP contribution in [-0.4, -0.2) is 4.89 Å². The minimum absolute atomic E-state index is 0. The van der Waals surface area contributed by atoms with Crippen LogP contribution in [0.25, 0.3) is 0 Å². The Bertz CT molecular complexity index is 13.5. The summed E-state index contributed by atoms with van der Waals surface area (Å²) in [5, 5.41) is 0. The molecule has 2 nitrogen and oxygen atoms in total. The fourth-order valence-corrected chi connectivity index (χ4v) is 0. The van der Waals surface area contributed by atoms with E-state index in [4.69, 9.17) is 9.46 Å². The van der Waals surface area contributed by atoms with Crippen LogP contribution < -0.4 is 0 Å². The SMILES string of the molecule is O=[PH2]O.[Ru]. The maximum atomic E-state index is 8.57. The molecule has 1 unspecified atom stereocenters. The van der Waals surface area contributed by atoms with Gasteiger partial charge in [0.25, 0.3) is 0 Å². The van der Waals surface area contributed by atoms with E-state index in [1.807, 2.05) is 0 Å². The molecular formula is H3O2PRu. The summed E-state index contributed by atoms with van der Waals surface area (Å²) >= 11 is 0. The molecule has 0 aromatic carbocycles. The molecule has 0 fully saturated rings. The second-order valence-electron chi connectivity index (χ2n) is 0.105. The van der Waals surface area contributed by atoms with E-state index in [1.165, 1.54) is 0 Å². The van der Waals surface area contributed by atoms with E-state index in [0.29, 0.717) is 0 Å². The first-order valence-electron chi connectivity index (χ1n) is 0.494. The molecule has 28 valence electrons. The Kier molecular flexibility index (Phi) is 20.3. The molecule has 4 heteroatoms. The molecule has 0 heterocycles. The zero-order valence-electron chi connectivity index (χ0n) is 1.79. The third kappa shape index (κ3) is 14.0. The van der Waals surface area contributed by atoms with Gasteiger partial charge in [0.1, 0.15) is 0 Å². The van der Waals surface area contributed by atoms with Gasteiger partial charge in [-0.2, -0.15) is 0 Å². The van der Waals surface area contributed by atoms with Crippen LogP contribution in [0, 0.1) is 0 Å². The van der Waals surface area contributed by atoms with Crippen LogP contribution in [0.15, 0.2) is 0 Å². The average molecular weight is 167 g/mol. The zero-order chi connectivity index (χ0) is 2.71. The molecule has 0 aromatic rings. The summed E-state index contributed by atoms with van der Waals surface area (Å²) < 4.78 is 8.57. The third-order valence-electron chi connectivity index (χ3n) is 0. The molecule has 0 saturated carbocycles. The van der Waals surface area contributed by atoms with Crippen molar-refractivity contribution in [3.63, 3.8) is 0 Å². The predicted molar refractivity (Wildman–Crippen MR) is 12.6 cm³/mol. The van der Waals surface area contributed by atoms with E-state index in [0.717, 1.165) is 0 Å². The van der Waals surface area contributed by atoms with Crippen LogP contribution in [0.5, 0.6) is 0 Å². The summed E-state index contributed by atoms with van der Waals surface area (Å²) in [5.41, 5.74) is 0. The second-order valence-corrected chi connectivity index (χ2v) is 0.316. The van der Waals surface area contributed by atoms with Crippen molar-refractivity contribution in [2.24, 2.45) is 0 Å². The van der Waals surface area contributed by atoms with Crippen LogP contribution in [0.4, 0.5) is 0 Å². The smallest absolute Gasteiger partial charge is 0.177 e. The standard InChI is InChI=1S/H3O2P.Ru/c1-3-2;/h3H2,(H,1,2);. The van der Waals surface area contributed by atoms with Gasteiger partial charge < -0.3 is 4.89 Å². The van der Waals surface area contributed by atoms with Gasteiger partial charge in [0.05, 0.1) is 0 Å². The van der Waals surface area contributed by atoms with Gasteiger partial charge >= 0.3 is 0 Å². The second kappa shape index (κ2) is 9.18. The molecule has 1 N–H and O–H groups in total. The van der Waals surface area contributed by atoms with Crippen molar-refractivity contribution in [3.05, 3.63) is 0 Å². The fourth-order valence-electron chi connectivity index (χ4n) is 0. The molecule has 0 aliphatic rings. The molecule has 1 atom stereocenters. The summed E-state index contributed by atoms with van der Waals surface area (Å²) in [6, 6.07) is 0. The Morgan fingerprint density at radius 1 is 1.75 bits per heavy atom. The van der Waals surface area contributed by atoms with Crippen molar-refractivity contribution in [1.82, 2.24) is 0 Å². The maximum Gasteiger partial charge on any atom is 0.177 e. The van der Waals surface area contributed by atoms with Crippen molar-refractivity contribution in [2.45, 2.75) is 0 Å². The summed E-state index contributed by atoms with van der Waals surface area (Å²) in [4.78, 5) is 7.10. The molecular weight excluding hydrogens is 164 g/mol. The third-order valence-corrected chi connectivity index (χ3v) is 0. The summed E-state index contributed by atoms with van der Waals surface area (Å²) in [7, 11) is -1.50. The van der Waals surface area contributed by atoms with Gasteiger partial charge in [-0.15, -0.1) is 0 Å². The topological polar surface area (TPSA) is 37.3 Å². The monoisotopic (exact) mass is 168 g/mol. The molecule has 0 saturated heterocycles. The minimum Gasteiger partial charge on any atom is -0.348 e. The van der Waals surface area contributed by atoms with Crippen molar-refractivity contribution in [1.29, 1.82) is 0 Å². The Hall–Kier alpha value is 0.813. The molecule has 4 heavy (non-hydrogen) atoms. The number of hydrogen-bond donors (Lipinski definition) is 1. The molecule has 0 aromatic heterocycles. The molecule has 0 radical (unpaired) electrons. The van der Waals surface area contributed by atoms with Crippen molar-refractivity contribution in [3.8, 4) is 0 Å². The summed E-state index contributed by atoms with van der Waals surface area (Å²) in [5.74, 6) is 0. The summed E-state index contributed by atoms with van der Waals surface area (Å²) in [6.07, 6.45) is 0. The summed E-state index contributed by atoms with van der Waals surface area (Å²) in [6.45, 7) is 0. The van der Waals surface area contributed by atoms with Gasteiger partial charge in [-0.05, 0) is 0 Å². The predicted octanol–water partition coefficient (Wildman–Crippen LogP) is -0.353. The van der Waals surface area contributed by atoms with Crippen LogP contribution in [-0.2, 0) is 24.0 Å². The number of hydrogen-bond acceptors (Lipinski definition) is 1. The Labute approximate surface area is 38.3 Å². The first kappa shape index (κ1) is 8.84. The maximum absolute atomic E-state index is 8.57. The van der Waals surface area contributed by atoms with Crippen molar-refractivity contribution >= 4 is 8.69 Å². The van der Waals surface area contributed by atoms with Crippen LogP contribution in [0.3, 0.4) is 0 Å². The first-order valence-corrected chi connectivity index (χ1v) is 1.48. The molecule has 0 amide bonds. The Balaban J connectivity index is 0. The first-order chi connectivity index (χ1) is 1.41. The van der Waals surface area contributed by atoms with Crippen LogP contribution in [0.1, 0.15) is 0 Å². The van der Waals surface area contributed by atoms with Gasteiger partial charge in [0.15, 0.2) is 8.69 Å². The normalized spacial score (nSPS) is 7.25. The Morgan fingerprint density at radius 3 is 1.75 bits per heavy atom. The zero-order valence-corrected chi connectivity index (χ0v) is 4.68. The molecule has 0 rings (SSSR count). The minimum atomic E-state index is -1.50. The number of rotatable bonds is 0. The van der Waals surface area contributed by atoms with E-state index in [9.17, 15) is 0 Å². The largest absolute Gasteiger partial charge is 0.348 e. The Morgan fingerprint density at radius 2 is 1.75 bits per heavy atom. The molecule has 0 bridgehead atoms. The molecule has 0 aliphatic carbocycles. The quantitative estimate of drug-likeness (QED) is 0.395. The van der Waals surface area contributed by atoms with Crippen molar-refractivity contribution in [2.75, 3.05) is 0 Å². The van der Waals surface area contributed by atoms with Gasteiger partial charge in [-0.25, -0.2) is 0 Å². The van der Waals surface area contributed by atoms with Gasteiger partial charge in [-0.3, -0.25) is 4.57 Å². The van der Waals surface area contributed by atoms with E-state index in [-0.39, 0.29) is 19.5 Å².